The lowest BCUT2D eigenvalue weighted by atomic mass is 9.96. The molecule has 1 unspecified atom stereocenters. The lowest BCUT2D eigenvalue weighted by molar-refractivity contribution is -0.161. The summed E-state index contributed by atoms with van der Waals surface area (Å²) in [7, 11) is 1.38. The van der Waals surface area contributed by atoms with Crippen LogP contribution in [-0.2, 0) is 28.7 Å². The van der Waals surface area contributed by atoms with Crippen LogP contribution in [0.5, 0.6) is 0 Å². The second-order valence-electron chi connectivity index (χ2n) is 11.7. The summed E-state index contributed by atoms with van der Waals surface area (Å²) < 4.78 is 35.1. The maximum Gasteiger partial charge on any atom is 0.408 e. The molecule has 0 rings (SSSR count). The summed E-state index contributed by atoms with van der Waals surface area (Å²) in [5, 5.41) is 11.3. The monoisotopic (exact) mass is 591 g/mol. The standard InChI is InChI=1S/C27H47F2N5O7/c1-12-15(6)19(21(36)30-11)32-23(38)17(13(2)3)33-24(39)27(28,29)20(35)16(7)31-22(37)18(14(4)5)34-25(40)41-26(8,9)10/h13-19H,12H2,1-11H3,(H,30,36)(H,31,37)(H,32,38)(H,33,39)(H,34,40)/t15?,16-,17-,18-,19-/m0/s1. The zero-order valence-corrected chi connectivity index (χ0v) is 25.9. The molecule has 5 N–H and O–H groups in total. The van der Waals surface area contributed by atoms with Gasteiger partial charge in [0.1, 0.15) is 23.7 Å². The summed E-state index contributed by atoms with van der Waals surface area (Å²) in [5.74, 6) is -12.4. The van der Waals surface area contributed by atoms with Crippen molar-refractivity contribution in [3.8, 4) is 0 Å². The van der Waals surface area contributed by atoms with Crippen molar-refractivity contribution in [1.82, 2.24) is 26.6 Å². The topological polar surface area (TPSA) is 172 Å². The van der Waals surface area contributed by atoms with Crippen molar-refractivity contribution in [2.45, 2.75) is 111 Å². The highest BCUT2D eigenvalue weighted by Crippen LogP contribution is 2.19. The average Bonchev–Trinajstić information content (AvgIpc) is 2.85. The molecule has 0 aromatic rings. The summed E-state index contributed by atoms with van der Waals surface area (Å²) in [6.07, 6.45) is -0.391. The molecular weight excluding hydrogens is 544 g/mol. The number of amides is 5. The van der Waals surface area contributed by atoms with E-state index in [-0.39, 0.29) is 5.92 Å². The van der Waals surface area contributed by atoms with Gasteiger partial charge >= 0.3 is 12.0 Å². The number of ketones is 1. The molecule has 0 aromatic carbocycles. The molecular formula is C27H47F2N5O7. The number of hydrogen-bond acceptors (Lipinski definition) is 7. The quantitative estimate of drug-likeness (QED) is 0.191. The van der Waals surface area contributed by atoms with Crippen LogP contribution >= 0.6 is 0 Å². The third-order valence-electron chi connectivity index (χ3n) is 6.24. The van der Waals surface area contributed by atoms with Crippen molar-refractivity contribution >= 4 is 35.5 Å². The molecule has 236 valence electrons. The lowest BCUT2D eigenvalue weighted by Gasteiger charge is -2.29. The fourth-order valence-corrected chi connectivity index (χ4v) is 3.59. The van der Waals surface area contributed by atoms with Crippen LogP contribution in [0.4, 0.5) is 13.6 Å². The Labute approximate surface area is 240 Å². The van der Waals surface area contributed by atoms with Gasteiger partial charge in [0.15, 0.2) is 0 Å². The van der Waals surface area contributed by atoms with Crippen molar-refractivity contribution in [2.75, 3.05) is 7.05 Å². The number of alkyl halides is 2. The highest BCUT2D eigenvalue weighted by Gasteiger charge is 2.51. The highest BCUT2D eigenvalue weighted by molar-refractivity contribution is 6.11. The molecule has 0 aliphatic carbocycles. The molecule has 0 radical (unpaired) electrons. The number of ether oxygens (including phenoxy) is 1. The summed E-state index contributed by atoms with van der Waals surface area (Å²) in [4.78, 5) is 75.2. The van der Waals surface area contributed by atoms with E-state index in [1.807, 2.05) is 5.32 Å². The number of halogens is 2. The Balaban J connectivity index is 5.65. The SMILES string of the molecule is CCC(C)[C@H](NC(=O)[C@@H](NC(=O)C(F)(F)C(=O)[C@H](C)NC(=O)[C@@H](NC(=O)OC(C)(C)C)C(C)C)C(C)C)C(=O)NC. The smallest absolute Gasteiger partial charge is 0.408 e. The predicted octanol–water partition coefficient (Wildman–Crippen LogP) is 1.66. The van der Waals surface area contributed by atoms with Crippen LogP contribution in [0, 0.1) is 17.8 Å². The number of carbonyl (C=O) groups excluding carboxylic acids is 6. The van der Waals surface area contributed by atoms with Crippen molar-refractivity contribution in [2.24, 2.45) is 17.8 Å². The van der Waals surface area contributed by atoms with Gasteiger partial charge in [-0.05, 0) is 45.4 Å². The first-order valence-electron chi connectivity index (χ1n) is 13.6. The number of alkyl carbamates (subject to hydrolysis) is 1. The second kappa shape index (κ2) is 15.6. The second-order valence-corrected chi connectivity index (χ2v) is 11.7. The van der Waals surface area contributed by atoms with E-state index in [2.05, 4.69) is 21.3 Å². The molecule has 0 aromatic heterocycles. The van der Waals surface area contributed by atoms with E-state index < -0.39 is 83.0 Å². The van der Waals surface area contributed by atoms with Crippen LogP contribution in [0.15, 0.2) is 0 Å². The van der Waals surface area contributed by atoms with E-state index in [1.54, 1.807) is 48.5 Å². The highest BCUT2D eigenvalue weighted by atomic mass is 19.3. The summed E-state index contributed by atoms with van der Waals surface area (Å²) >= 11 is 0. The maximum absolute atomic E-state index is 15.0. The van der Waals surface area contributed by atoms with E-state index in [0.29, 0.717) is 6.42 Å². The van der Waals surface area contributed by atoms with Gasteiger partial charge < -0.3 is 31.3 Å². The third kappa shape index (κ3) is 11.6. The first kappa shape index (κ1) is 37.7. The Hall–Kier alpha value is -3.32. The van der Waals surface area contributed by atoms with Crippen LogP contribution in [0.1, 0.15) is 75.7 Å². The van der Waals surface area contributed by atoms with E-state index >= 15 is 0 Å². The van der Waals surface area contributed by atoms with Gasteiger partial charge in [-0.3, -0.25) is 24.0 Å². The average molecular weight is 592 g/mol. The van der Waals surface area contributed by atoms with E-state index in [0.717, 1.165) is 6.92 Å². The minimum Gasteiger partial charge on any atom is -0.444 e. The minimum atomic E-state index is -4.62. The molecule has 41 heavy (non-hydrogen) atoms. The Bertz CT molecular complexity index is 966. The van der Waals surface area contributed by atoms with Gasteiger partial charge in [0, 0.05) is 7.05 Å². The largest absolute Gasteiger partial charge is 0.444 e. The van der Waals surface area contributed by atoms with E-state index in [9.17, 15) is 37.5 Å². The number of carbonyl (C=O) groups is 6. The Morgan fingerprint density at radius 3 is 1.59 bits per heavy atom. The molecule has 0 heterocycles. The van der Waals surface area contributed by atoms with Crippen LogP contribution in [-0.4, -0.2) is 78.2 Å². The summed E-state index contributed by atoms with van der Waals surface area (Å²) in [6.45, 7) is 15.5. The molecule has 0 saturated heterocycles. The van der Waals surface area contributed by atoms with Crippen LogP contribution in [0.25, 0.3) is 0 Å². The molecule has 0 aliphatic heterocycles. The molecule has 0 spiro atoms. The van der Waals surface area contributed by atoms with Crippen LogP contribution in [0.3, 0.4) is 0 Å². The van der Waals surface area contributed by atoms with Crippen LogP contribution in [0.2, 0.25) is 0 Å². The van der Waals surface area contributed by atoms with E-state index in [4.69, 9.17) is 4.74 Å². The van der Waals surface area contributed by atoms with Gasteiger partial charge in [-0.1, -0.05) is 48.0 Å². The zero-order valence-electron chi connectivity index (χ0n) is 25.9. The van der Waals surface area contributed by atoms with Crippen molar-refractivity contribution < 1.29 is 42.3 Å². The minimum absolute atomic E-state index is 0.297. The number of hydrogen-bond donors (Lipinski definition) is 5. The third-order valence-corrected chi connectivity index (χ3v) is 6.24. The first-order valence-corrected chi connectivity index (χ1v) is 13.6. The van der Waals surface area contributed by atoms with Gasteiger partial charge in [0.2, 0.25) is 23.5 Å². The zero-order chi connectivity index (χ0) is 32.5. The molecule has 0 aliphatic rings. The number of rotatable bonds is 14. The Kier molecular flexibility index (Phi) is 14.4. The fourth-order valence-electron chi connectivity index (χ4n) is 3.59. The predicted molar refractivity (Wildman–Crippen MR) is 148 cm³/mol. The molecule has 14 heteroatoms. The molecule has 12 nitrogen and oxygen atoms in total. The number of likely N-dealkylation sites (N-methyl/N-ethyl adjacent to an activating group) is 1. The van der Waals surface area contributed by atoms with Crippen molar-refractivity contribution in [3.05, 3.63) is 0 Å². The van der Waals surface area contributed by atoms with Gasteiger partial charge in [0.25, 0.3) is 5.91 Å². The van der Waals surface area contributed by atoms with Gasteiger partial charge in [0.05, 0.1) is 6.04 Å². The maximum atomic E-state index is 15.0. The van der Waals surface area contributed by atoms with Gasteiger partial charge in [-0.15, -0.1) is 0 Å². The number of Topliss-reactive ketones (excluding diaryl/α,β-unsaturated/α-hetero) is 1. The number of nitrogens with one attached hydrogen (secondary N) is 5. The fraction of sp³-hybridized carbons (Fsp3) is 0.778. The van der Waals surface area contributed by atoms with E-state index in [1.165, 1.54) is 20.9 Å². The normalized spacial score (nSPS) is 15.6. The molecule has 5 atom stereocenters. The summed E-state index contributed by atoms with van der Waals surface area (Å²) in [6, 6.07) is -5.53. The van der Waals surface area contributed by atoms with Crippen LogP contribution < -0.4 is 26.6 Å². The summed E-state index contributed by atoms with van der Waals surface area (Å²) in [5.41, 5.74) is -0.858. The van der Waals surface area contributed by atoms with Crippen molar-refractivity contribution in [1.29, 1.82) is 0 Å². The molecule has 0 bridgehead atoms. The molecule has 5 amide bonds. The van der Waals surface area contributed by atoms with Crippen molar-refractivity contribution in [3.63, 3.8) is 0 Å². The van der Waals surface area contributed by atoms with Gasteiger partial charge in [-0.25, -0.2) is 4.79 Å². The molecule has 0 fully saturated rings. The lowest BCUT2D eigenvalue weighted by Crippen LogP contribution is -2.61. The van der Waals surface area contributed by atoms with Gasteiger partial charge in [-0.2, -0.15) is 8.78 Å². The Morgan fingerprint density at radius 1 is 0.707 bits per heavy atom. The molecule has 0 saturated carbocycles. The first-order chi connectivity index (χ1) is 18.6. The Morgan fingerprint density at radius 2 is 1.17 bits per heavy atom.